The number of carbonyl (C=O) groups excluding carboxylic acids is 1. The van der Waals surface area contributed by atoms with Crippen molar-refractivity contribution < 1.29 is 4.79 Å². The highest BCUT2D eigenvalue weighted by molar-refractivity contribution is 5.81. The first kappa shape index (κ1) is 16.0. The second kappa shape index (κ2) is 6.78. The van der Waals surface area contributed by atoms with Gasteiger partial charge in [-0.05, 0) is 43.7 Å². The van der Waals surface area contributed by atoms with E-state index in [0.717, 1.165) is 44.3 Å². The predicted molar refractivity (Wildman–Crippen MR) is 93.8 cm³/mol. The van der Waals surface area contributed by atoms with Gasteiger partial charge in [0.1, 0.15) is 0 Å². The van der Waals surface area contributed by atoms with Crippen molar-refractivity contribution >= 4 is 5.91 Å². The van der Waals surface area contributed by atoms with Crippen LogP contribution in [0.1, 0.15) is 25.7 Å². The maximum absolute atomic E-state index is 12.4. The normalized spacial score (nSPS) is 18.3. The van der Waals surface area contributed by atoms with Crippen LogP contribution in [0.3, 0.4) is 0 Å². The molecule has 2 aliphatic rings. The van der Waals surface area contributed by atoms with Crippen LogP contribution in [0.4, 0.5) is 0 Å². The van der Waals surface area contributed by atoms with Gasteiger partial charge in [-0.1, -0.05) is 0 Å². The summed E-state index contributed by atoms with van der Waals surface area (Å²) in [4.78, 5) is 34.9. The van der Waals surface area contributed by atoms with E-state index in [1.807, 2.05) is 17.0 Å². The Hall–Kier alpha value is -2.50. The summed E-state index contributed by atoms with van der Waals surface area (Å²) < 4.78 is 1.69. The van der Waals surface area contributed by atoms with Gasteiger partial charge in [-0.25, -0.2) is 4.98 Å². The molecule has 130 valence electrons. The fraction of sp³-hybridized carbons (Fsp3) is 0.474. The summed E-state index contributed by atoms with van der Waals surface area (Å²) in [6, 6.07) is 5.28. The highest BCUT2D eigenvalue weighted by atomic mass is 16.2. The molecule has 0 N–H and O–H groups in total. The van der Waals surface area contributed by atoms with E-state index in [9.17, 15) is 9.59 Å². The third-order valence-corrected chi connectivity index (χ3v) is 5.16. The number of aromatic nitrogens is 3. The van der Waals surface area contributed by atoms with Gasteiger partial charge in [0.05, 0.1) is 12.0 Å². The van der Waals surface area contributed by atoms with Crippen molar-refractivity contribution in [3.63, 3.8) is 0 Å². The predicted octanol–water partition coefficient (Wildman–Crippen LogP) is 1.95. The molecule has 2 aromatic heterocycles. The molecule has 2 fully saturated rings. The van der Waals surface area contributed by atoms with E-state index < -0.39 is 0 Å². The van der Waals surface area contributed by atoms with Gasteiger partial charge < -0.3 is 4.90 Å². The average Bonchev–Trinajstić information content (AvgIpc) is 3.49. The van der Waals surface area contributed by atoms with Crippen molar-refractivity contribution in [3.05, 3.63) is 47.3 Å². The molecule has 1 amide bonds. The largest absolute Gasteiger partial charge is 0.342 e. The van der Waals surface area contributed by atoms with Crippen LogP contribution in [0.15, 0.2) is 41.7 Å². The SMILES string of the molecule is O=C(C1CC1)N1CCC(Cn2cnc(-c3ccncc3)cc2=O)CC1. The number of likely N-dealkylation sites (tertiary alicyclic amines) is 1. The monoisotopic (exact) mass is 338 g/mol. The lowest BCUT2D eigenvalue weighted by Gasteiger charge is -2.32. The minimum absolute atomic E-state index is 0.0294. The molecular formula is C19H22N4O2. The van der Waals surface area contributed by atoms with Gasteiger partial charge in [0, 0.05) is 49.6 Å². The van der Waals surface area contributed by atoms with Crippen LogP contribution in [0.2, 0.25) is 0 Å². The topological polar surface area (TPSA) is 68.1 Å². The Bertz CT molecular complexity index is 806. The summed E-state index contributed by atoms with van der Waals surface area (Å²) in [5.41, 5.74) is 1.54. The lowest BCUT2D eigenvalue weighted by atomic mass is 9.96. The molecule has 0 bridgehead atoms. The first-order valence-corrected chi connectivity index (χ1v) is 8.96. The summed E-state index contributed by atoms with van der Waals surface area (Å²) in [5, 5.41) is 0. The third kappa shape index (κ3) is 3.62. The number of rotatable bonds is 4. The molecule has 1 aliphatic carbocycles. The van der Waals surface area contributed by atoms with E-state index in [4.69, 9.17) is 0 Å². The number of carbonyl (C=O) groups is 1. The van der Waals surface area contributed by atoms with Crippen molar-refractivity contribution in [2.24, 2.45) is 11.8 Å². The average molecular weight is 338 g/mol. The Balaban J connectivity index is 1.38. The number of pyridine rings is 1. The molecule has 6 nitrogen and oxygen atoms in total. The molecular weight excluding hydrogens is 316 g/mol. The zero-order chi connectivity index (χ0) is 17.2. The van der Waals surface area contributed by atoms with E-state index in [0.29, 0.717) is 30.0 Å². The zero-order valence-corrected chi connectivity index (χ0v) is 14.2. The van der Waals surface area contributed by atoms with Crippen LogP contribution in [0.25, 0.3) is 11.3 Å². The molecule has 0 radical (unpaired) electrons. The molecule has 0 spiro atoms. The van der Waals surface area contributed by atoms with Gasteiger partial charge >= 0.3 is 0 Å². The Labute approximate surface area is 146 Å². The maximum Gasteiger partial charge on any atom is 0.253 e. The van der Waals surface area contributed by atoms with E-state index in [1.165, 1.54) is 0 Å². The highest BCUT2D eigenvalue weighted by Gasteiger charge is 2.34. The second-order valence-corrected chi connectivity index (χ2v) is 7.04. The lowest BCUT2D eigenvalue weighted by molar-refractivity contribution is -0.134. The fourth-order valence-electron chi connectivity index (χ4n) is 3.45. The van der Waals surface area contributed by atoms with Crippen molar-refractivity contribution in [1.82, 2.24) is 19.4 Å². The molecule has 1 aliphatic heterocycles. The van der Waals surface area contributed by atoms with E-state index in [1.54, 1.807) is 29.4 Å². The highest BCUT2D eigenvalue weighted by Crippen LogP contribution is 2.32. The van der Waals surface area contributed by atoms with E-state index in [-0.39, 0.29) is 5.56 Å². The van der Waals surface area contributed by atoms with Crippen LogP contribution < -0.4 is 5.56 Å². The molecule has 0 unspecified atom stereocenters. The summed E-state index contributed by atoms with van der Waals surface area (Å²) in [6.45, 7) is 2.31. The number of hydrogen-bond donors (Lipinski definition) is 0. The standard InChI is InChI=1S/C19H22N4O2/c24-18-11-17(15-3-7-20-8-4-15)21-13-23(18)12-14-5-9-22(10-6-14)19(25)16-1-2-16/h3-4,7-8,11,13-14,16H,1-2,5-6,9-10,12H2. The summed E-state index contributed by atoms with van der Waals surface area (Å²) in [5.74, 6) is 1.05. The molecule has 4 rings (SSSR count). The van der Waals surface area contributed by atoms with Gasteiger partial charge in [0.2, 0.25) is 5.91 Å². The Kier molecular flexibility index (Phi) is 4.34. The Morgan fingerprint density at radius 3 is 2.48 bits per heavy atom. The smallest absolute Gasteiger partial charge is 0.253 e. The van der Waals surface area contributed by atoms with Crippen LogP contribution in [0.5, 0.6) is 0 Å². The minimum atomic E-state index is -0.0294. The molecule has 0 aromatic carbocycles. The molecule has 0 atom stereocenters. The van der Waals surface area contributed by atoms with Gasteiger partial charge in [0.15, 0.2) is 0 Å². The maximum atomic E-state index is 12.4. The van der Waals surface area contributed by atoms with Crippen molar-refractivity contribution in [2.75, 3.05) is 13.1 Å². The lowest BCUT2D eigenvalue weighted by Crippen LogP contribution is -2.40. The fourth-order valence-corrected chi connectivity index (χ4v) is 3.45. The number of hydrogen-bond acceptors (Lipinski definition) is 4. The van der Waals surface area contributed by atoms with Gasteiger partial charge in [0.25, 0.3) is 5.56 Å². The number of nitrogens with zero attached hydrogens (tertiary/aromatic N) is 4. The van der Waals surface area contributed by atoms with Crippen molar-refractivity contribution in [3.8, 4) is 11.3 Å². The summed E-state index contributed by atoms with van der Waals surface area (Å²) in [7, 11) is 0. The number of amides is 1. The number of piperidine rings is 1. The Morgan fingerprint density at radius 2 is 1.84 bits per heavy atom. The zero-order valence-electron chi connectivity index (χ0n) is 14.2. The molecule has 1 saturated heterocycles. The molecule has 1 saturated carbocycles. The third-order valence-electron chi connectivity index (χ3n) is 5.16. The van der Waals surface area contributed by atoms with Crippen LogP contribution in [-0.4, -0.2) is 38.4 Å². The van der Waals surface area contributed by atoms with Crippen LogP contribution in [-0.2, 0) is 11.3 Å². The van der Waals surface area contributed by atoms with Gasteiger partial charge in [-0.3, -0.25) is 19.1 Å². The summed E-state index contributed by atoms with van der Waals surface area (Å²) >= 11 is 0. The van der Waals surface area contributed by atoms with Gasteiger partial charge in [-0.2, -0.15) is 0 Å². The first-order chi connectivity index (χ1) is 12.2. The molecule has 3 heterocycles. The Morgan fingerprint density at radius 1 is 1.12 bits per heavy atom. The molecule has 6 heteroatoms. The van der Waals surface area contributed by atoms with Gasteiger partial charge in [-0.15, -0.1) is 0 Å². The van der Waals surface area contributed by atoms with Crippen LogP contribution >= 0.6 is 0 Å². The molecule has 25 heavy (non-hydrogen) atoms. The van der Waals surface area contributed by atoms with E-state index in [2.05, 4.69) is 9.97 Å². The van der Waals surface area contributed by atoms with Crippen LogP contribution in [0, 0.1) is 11.8 Å². The van der Waals surface area contributed by atoms with Crippen molar-refractivity contribution in [2.45, 2.75) is 32.2 Å². The molecule has 2 aromatic rings. The van der Waals surface area contributed by atoms with E-state index >= 15 is 0 Å². The first-order valence-electron chi connectivity index (χ1n) is 8.96. The second-order valence-electron chi connectivity index (χ2n) is 7.04. The quantitative estimate of drug-likeness (QED) is 0.854. The van der Waals surface area contributed by atoms with Crippen molar-refractivity contribution in [1.29, 1.82) is 0 Å². The minimum Gasteiger partial charge on any atom is -0.342 e. The summed E-state index contributed by atoms with van der Waals surface area (Å²) in [6.07, 6.45) is 9.06.